The molecule has 1 saturated heterocycles. The van der Waals surface area contributed by atoms with Gasteiger partial charge in [0.1, 0.15) is 0 Å². The Morgan fingerprint density at radius 2 is 1.63 bits per heavy atom. The van der Waals surface area contributed by atoms with Gasteiger partial charge >= 0.3 is 6.03 Å². The third-order valence-corrected chi connectivity index (χ3v) is 7.76. The monoisotopic (exact) mass is 606 g/mol. The Labute approximate surface area is 255 Å². The van der Waals surface area contributed by atoms with E-state index in [1.54, 1.807) is 53.2 Å². The van der Waals surface area contributed by atoms with Crippen LogP contribution in [0.1, 0.15) is 18.8 Å². The molecule has 11 nitrogen and oxygen atoms in total. The molecule has 226 valence electrons. The topological polar surface area (TPSA) is 101 Å². The number of likely N-dealkylation sites (N-methyl/N-ethyl adjacent to an activating group) is 1. The van der Waals surface area contributed by atoms with Crippen molar-refractivity contribution in [1.82, 2.24) is 14.6 Å². The predicted molar refractivity (Wildman–Crippen MR) is 169 cm³/mol. The molecule has 1 aliphatic heterocycles. The molecule has 3 aromatic carbocycles. The van der Waals surface area contributed by atoms with Crippen LogP contribution >= 0.6 is 11.6 Å². The van der Waals surface area contributed by atoms with Gasteiger partial charge in [-0.2, -0.15) is 0 Å². The largest absolute Gasteiger partial charge is 0.493 e. The summed E-state index contributed by atoms with van der Waals surface area (Å²) in [6.07, 6.45) is 0. The average molecular weight is 607 g/mol. The van der Waals surface area contributed by atoms with Gasteiger partial charge in [0, 0.05) is 49.0 Å². The highest BCUT2D eigenvalue weighted by Crippen LogP contribution is 2.43. The number of rotatable bonds is 8. The van der Waals surface area contributed by atoms with Crippen LogP contribution < -0.4 is 35.0 Å². The maximum atomic E-state index is 14.2. The van der Waals surface area contributed by atoms with Crippen molar-refractivity contribution in [2.45, 2.75) is 13.0 Å². The van der Waals surface area contributed by atoms with Gasteiger partial charge in [-0.25, -0.2) is 14.5 Å². The highest BCUT2D eigenvalue weighted by atomic mass is 35.5. The molecule has 12 heteroatoms. The minimum atomic E-state index is -0.737. The van der Waals surface area contributed by atoms with Gasteiger partial charge in [0.25, 0.3) is 5.56 Å². The molecule has 1 atom stereocenters. The molecule has 0 saturated carbocycles. The van der Waals surface area contributed by atoms with Crippen LogP contribution in [0.3, 0.4) is 0 Å². The zero-order valence-corrected chi connectivity index (χ0v) is 25.6. The fraction of sp³-hybridized carbons (Fsp3) is 0.323. The first kappa shape index (κ1) is 30.0. The molecule has 1 unspecified atom stereocenters. The van der Waals surface area contributed by atoms with Gasteiger partial charge in [-0.3, -0.25) is 9.69 Å². The van der Waals surface area contributed by atoms with Crippen LogP contribution in [0, 0.1) is 0 Å². The number of urea groups is 1. The molecule has 2 heterocycles. The maximum Gasteiger partial charge on any atom is 0.327 e. The van der Waals surface area contributed by atoms with Crippen LogP contribution in [0.5, 0.6) is 17.2 Å². The van der Waals surface area contributed by atoms with Gasteiger partial charge in [-0.1, -0.05) is 29.8 Å². The first-order valence-electron chi connectivity index (χ1n) is 13.9. The van der Waals surface area contributed by atoms with E-state index in [0.29, 0.717) is 63.5 Å². The summed E-state index contributed by atoms with van der Waals surface area (Å²) in [6.45, 7) is 4.63. The van der Waals surface area contributed by atoms with Crippen molar-refractivity contribution in [2.24, 2.45) is 0 Å². The fourth-order valence-electron chi connectivity index (χ4n) is 5.27. The number of benzene rings is 3. The van der Waals surface area contributed by atoms with E-state index >= 15 is 0 Å². The normalized spacial score (nSPS) is 14.3. The van der Waals surface area contributed by atoms with Crippen molar-refractivity contribution in [2.75, 3.05) is 69.8 Å². The molecule has 1 aromatic heterocycles. The number of aromatic nitrogens is 2. The van der Waals surface area contributed by atoms with E-state index in [0.717, 1.165) is 13.1 Å². The van der Waals surface area contributed by atoms with Crippen LogP contribution in [0.2, 0.25) is 5.02 Å². The van der Waals surface area contributed by atoms with Crippen LogP contribution in [0.15, 0.2) is 65.5 Å². The molecule has 2 amide bonds. The third kappa shape index (κ3) is 6.04. The van der Waals surface area contributed by atoms with Crippen molar-refractivity contribution >= 4 is 39.9 Å². The number of hydrogen-bond donors (Lipinski definition) is 1. The standard InChI is InChI=1S/C31H35ClN6O5/c1-20(29-34-25-12-7-6-11-24(25)30(39)38(29)36-15-13-35(2)14-16-36)37(31(40)33-22-10-8-9-21(32)17-22)23-18-26(41-3)28(43-5)27(19-23)42-4/h6-12,17-20H,13-16H2,1-5H3,(H,33,40). The molecule has 1 aliphatic rings. The summed E-state index contributed by atoms with van der Waals surface area (Å²) in [6, 6.07) is 16.3. The Bertz CT molecular complexity index is 1660. The lowest BCUT2D eigenvalue weighted by atomic mass is 10.1. The summed E-state index contributed by atoms with van der Waals surface area (Å²) in [5.74, 6) is 1.53. The summed E-state index contributed by atoms with van der Waals surface area (Å²) in [4.78, 5) is 37.0. The van der Waals surface area contributed by atoms with E-state index in [9.17, 15) is 9.59 Å². The first-order chi connectivity index (χ1) is 20.7. The van der Waals surface area contributed by atoms with Gasteiger partial charge in [-0.15, -0.1) is 0 Å². The number of methoxy groups -OCH3 is 3. The predicted octanol–water partition coefficient (Wildman–Crippen LogP) is 4.76. The summed E-state index contributed by atoms with van der Waals surface area (Å²) in [5.41, 5.74) is 1.29. The number of carbonyl (C=O) groups excluding carboxylic acids is 1. The quantitative estimate of drug-likeness (QED) is 0.306. The maximum absolute atomic E-state index is 14.2. The van der Waals surface area contributed by atoms with E-state index in [1.165, 1.54) is 26.2 Å². The van der Waals surface area contributed by atoms with E-state index in [-0.39, 0.29) is 5.56 Å². The van der Waals surface area contributed by atoms with E-state index < -0.39 is 12.1 Å². The minimum Gasteiger partial charge on any atom is -0.493 e. The molecule has 0 bridgehead atoms. The Balaban J connectivity index is 1.70. The number of nitrogens with one attached hydrogen (secondary N) is 1. The van der Waals surface area contributed by atoms with E-state index in [4.69, 9.17) is 30.8 Å². The number of amides is 2. The van der Waals surface area contributed by atoms with Gasteiger partial charge in [0.2, 0.25) is 5.75 Å². The molecule has 4 aromatic rings. The van der Waals surface area contributed by atoms with Gasteiger partial charge in [0.15, 0.2) is 17.3 Å². The third-order valence-electron chi connectivity index (χ3n) is 7.52. The number of halogens is 1. The molecular formula is C31H35ClN6O5. The Hall–Kier alpha value is -4.48. The molecule has 5 rings (SSSR count). The number of piperazine rings is 1. The highest BCUT2D eigenvalue weighted by molar-refractivity contribution is 6.30. The zero-order valence-electron chi connectivity index (χ0n) is 24.8. The second-order valence-electron chi connectivity index (χ2n) is 10.2. The fourth-order valence-corrected chi connectivity index (χ4v) is 5.46. The van der Waals surface area contributed by atoms with Crippen molar-refractivity contribution in [1.29, 1.82) is 0 Å². The SMILES string of the molecule is COc1cc(N(C(=O)Nc2cccc(Cl)c2)C(C)c2nc3ccccc3c(=O)n2N2CCN(C)CC2)cc(OC)c1OC. The number of anilines is 2. The van der Waals surface area contributed by atoms with Crippen molar-refractivity contribution in [3.8, 4) is 17.2 Å². The van der Waals surface area contributed by atoms with Gasteiger partial charge in [-0.05, 0) is 44.3 Å². The van der Waals surface area contributed by atoms with Crippen molar-refractivity contribution in [3.05, 3.63) is 81.9 Å². The molecule has 43 heavy (non-hydrogen) atoms. The summed E-state index contributed by atoms with van der Waals surface area (Å²) >= 11 is 6.22. The molecule has 1 fully saturated rings. The smallest absolute Gasteiger partial charge is 0.327 e. The Kier molecular flexibility index (Phi) is 8.93. The Morgan fingerprint density at radius 1 is 0.953 bits per heavy atom. The number of para-hydroxylation sites is 1. The number of nitrogens with zero attached hydrogens (tertiary/aromatic N) is 5. The first-order valence-corrected chi connectivity index (χ1v) is 14.2. The lowest BCUT2D eigenvalue weighted by Crippen LogP contribution is -2.55. The van der Waals surface area contributed by atoms with Crippen molar-refractivity contribution in [3.63, 3.8) is 0 Å². The van der Waals surface area contributed by atoms with Crippen LogP contribution in [-0.4, -0.2) is 75.1 Å². The lowest BCUT2D eigenvalue weighted by molar-refractivity contribution is 0.254. The van der Waals surface area contributed by atoms with Gasteiger partial charge in [0.05, 0.1) is 44.0 Å². The molecule has 0 aliphatic carbocycles. The summed E-state index contributed by atoms with van der Waals surface area (Å²) in [5, 5.41) is 5.92. The number of hydrogen-bond acceptors (Lipinski definition) is 8. The lowest BCUT2D eigenvalue weighted by Gasteiger charge is -2.38. The zero-order chi connectivity index (χ0) is 30.7. The minimum absolute atomic E-state index is 0.197. The van der Waals surface area contributed by atoms with E-state index in [1.807, 2.05) is 24.1 Å². The molecule has 0 spiro atoms. The molecule has 0 radical (unpaired) electrons. The van der Waals surface area contributed by atoms with Crippen molar-refractivity contribution < 1.29 is 19.0 Å². The highest BCUT2D eigenvalue weighted by Gasteiger charge is 2.32. The molecule has 1 N–H and O–H groups in total. The second-order valence-corrected chi connectivity index (χ2v) is 10.7. The van der Waals surface area contributed by atoms with Crippen LogP contribution in [-0.2, 0) is 0 Å². The van der Waals surface area contributed by atoms with Gasteiger partial charge < -0.3 is 29.4 Å². The number of carbonyl (C=O) groups is 1. The molecular weight excluding hydrogens is 572 g/mol. The average Bonchev–Trinajstić information content (AvgIpc) is 3.01. The van der Waals surface area contributed by atoms with Crippen LogP contribution in [0.25, 0.3) is 10.9 Å². The van der Waals surface area contributed by atoms with Crippen LogP contribution in [0.4, 0.5) is 16.2 Å². The number of fused-ring (bicyclic) bond motifs is 1. The summed E-state index contributed by atoms with van der Waals surface area (Å²) < 4.78 is 18.4. The summed E-state index contributed by atoms with van der Waals surface area (Å²) in [7, 11) is 6.59. The van der Waals surface area contributed by atoms with E-state index in [2.05, 4.69) is 17.3 Å². The second kappa shape index (κ2) is 12.8. The Morgan fingerprint density at radius 3 is 2.26 bits per heavy atom. The number of ether oxygens (including phenoxy) is 3.